The Hall–Kier alpha value is -3.08. The normalized spacial score (nSPS) is 21.4. The first kappa shape index (κ1) is 26.2. The molecule has 202 valence electrons. The van der Waals surface area contributed by atoms with E-state index in [1.54, 1.807) is 6.07 Å². The first-order valence-corrected chi connectivity index (χ1v) is 14.7. The van der Waals surface area contributed by atoms with Crippen LogP contribution in [0.15, 0.2) is 66.7 Å². The van der Waals surface area contributed by atoms with Crippen molar-refractivity contribution in [2.75, 3.05) is 26.2 Å². The van der Waals surface area contributed by atoms with E-state index in [0.717, 1.165) is 70.8 Å². The molecule has 1 saturated heterocycles. The molecule has 2 aliphatic carbocycles. The lowest BCUT2D eigenvalue weighted by molar-refractivity contribution is -0.114. The van der Waals surface area contributed by atoms with Crippen molar-refractivity contribution in [3.05, 3.63) is 94.0 Å². The number of aryl methyl sites for hydroxylation is 1. The fraction of sp³-hybridized carbons (Fsp3) is 0.382. The average molecular weight is 542 g/mol. The van der Waals surface area contributed by atoms with Crippen molar-refractivity contribution in [1.82, 2.24) is 4.90 Å². The summed E-state index contributed by atoms with van der Waals surface area (Å²) in [6.07, 6.45) is 7.93. The van der Waals surface area contributed by atoms with Gasteiger partial charge in [0.2, 0.25) is 0 Å². The Morgan fingerprint density at radius 1 is 0.897 bits per heavy atom. The minimum Gasteiger partial charge on any atom is -0.508 e. The minimum atomic E-state index is -0.148. The van der Waals surface area contributed by atoms with E-state index in [1.165, 1.54) is 37.9 Å². The highest BCUT2D eigenvalue weighted by molar-refractivity contribution is 6.30. The van der Waals surface area contributed by atoms with Gasteiger partial charge >= 0.3 is 0 Å². The number of hydrogen-bond acceptors (Lipinski definition) is 4. The van der Waals surface area contributed by atoms with Crippen LogP contribution in [0.3, 0.4) is 0 Å². The number of piperidine rings is 1. The van der Waals surface area contributed by atoms with Crippen molar-refractivity contribution in [1.29, 1.82) is 0 Å². The summed E-state index contributed by atoms with van der Waals surface area (Å²) in [4.78, 5) is 16.1. The molecular formula is C34H36ClNO3. The van der Waals surface area contributed by atoms with Gasteiger partial charge in [0.15, 0.2) is 5.78 Å². The van der Waals surface area contributed by atoms with Gasteiger partial charge < -0.3 is 9.84 Å². The standard InChI is InChI=1S/C34H36ClNO3/c35-27-8-4-24(5-9-27)23-34-16-14-26-22-28(37)10-13-30(26)33(34)32(31(38)15-17-34)25-6-11-29(12-7-25)39-21-20-36-18-2-1-3-19-36/h4-13,22,37H,1-3,14-21,23H2. The monoisotopic (exact) mass is 541 g/mol. The number of phenols is 1. The number of likely N-dealkylation sites (tertiary alicyclic amines) is 1. The molecule has 3 aliphatic rings. The summed E-state index contributed by atoms with van der Waals surface area (Å²) < 4.78 is 6.08. The van der Waals surface area contributed by atoms with Crippen molar-refractivity contribution in [2.45, 2.75) is 51.4 Å². The van der Waals surface area contributed by atoms with Gasteiger partial charge in [-0.05, 0) is 116 Å². The molecule has 1 fully saturated rings. The maximum Gasteiger partial charge on any atom is 0.163 e. The zero-order valence-electron chi connectivity index (χ0n) is 22.4. The highest BCUT2D eigenvalue weighted by atomic mass is 35.5. The van der Waals surface area contributed by atoms with Gasteiger partial charge in [0, 0.05) is 29.0 Å². The van der Waals surface area contributed by atoms with Crippen LogP contribution in [0.25, 0.3) is 11.1 Å². The molecular weight excluding hydrogens is 506 g/mol. The molecule has 5 heteroatoms. The van der Waals surface area contributed by atoms with Crippen LogP contribution < -0.4 is 4.74 Å². The zero-order valence-corrected chi connectivity index (χ0v) is 23.2. The number of phenolic OH excluding ortho intramolecular Hbond substituents is 1. The van der Waals surface area contributed by atoms with Crippen LogP contribution in [0, 0.1) is 5.41 Å². The average Bonchev–Trinajstić information content (AvgIpc) is 2.96. The summed E-state index contributed by atoms with van der Waals surface area (Å²) in [7, 11) is 0. The topological polar surface area (TPSA) is 49.8 Å². The van der Waals surface area contributed by atoms with Crippen molar-refractivity contribution in [3.63, 3.8) is 0 Å². The summed E-state index contributed by atoms with van der Waals surface area (Å²) in [6.45, 7) is 3.95. The molecule has 4 nitrogen and oxygen atoms in total. The Balaban J connectivity index is 1.34. The number of carbonyl (C=O) groups excluding carboxylic acids is 1. The number of hydrogen-bond donors (Lipinski definition) is 1. The lowest BCUT2D eigenvalue weighted by Crippen LogP contribution is -2.35. The second-order valence-electron chi connectivity index (χ2n) is 11.4. The van der Waals surface area contributed by atoms with Crippen molar-refractivity contribution in [2.24, 2.45) is 5.41 Å². The molecule has 0 radical (unpaired) electrons. The van der Waals surface area contributed by atoms with E-state index in [0.29, 0.717) is 13.0 Å². The molecule has 1 aliphatic heterocycles. The van der Waals surface area contributed by atoms with Crippen LogP contribution in [-0.4, -0.2) is 42.0 Å². The predicted octanol–water partition coefficient (Wildman–Crippen LogP) is 7.36. The lowest BCUT2D eigenvalue weighted by atomic mass is 9.58. The number of carbonyl (C=O) groups is 1. The number of ketones is 1. The molecule has 3 aromatic carbocycles. The third-order valence-electron chi connectivity index (χ3n) is 8.84. The summed E-state index contributed by atoms with van der Waals surface area (Å²) in [5.74, 6) is 1.30. The quantitative estimate of drug-likeness (QED) is 0.339. The number of rotatable bonds is 7. The van der Waals surface area contributed by atoms with E-state index < -0.39 is 0 Å². The van der Waals surface area contributed by atoms with E-state index in [1.807, 2.05) is 48.5 Å². The summed E-state index contributed by atoms with van der Waals surface area (Å²) >= 11 is 6.19. The number of ether oxygens (including phenoxy) is 1. The molecule has 6 rings (SSSR count). The number of fused-ring (bicyclic) bond motifs is 3. The van der Waals surface area contributed by atoms with Crippen LogP contribution in [0.1, 0.15) is 60.8 Å². The molecule has 0 aromatic heterocycles. The van der Waals surface area contributed by atoms with Crippen LogP contribution >= 0.6 is 11.6 Å². The molecule has 39 heavy (non-hydrogen) atoms. The Morgan fingerprint density at radius 3 is 2.41 bits per heavy atom. The Labute approximate surface area is 236 Å². The number of halogens is 1. The number of nitrogens with zero attached hydrogens (tertiary/aromatic N) is 1. The van der Waals surface area contributed by atoms with Crippen LogP contribution in [-0.2, 0) is 17.6 Å². The summed E-state index contributed by atoms with van der Waals surface area (Å²) in [5, 5.41) is 10.9. The Kier molecular flexibility index (Phi) is 7.51. The molecule has 3 aromatic rings. The smallest absolute Gasteiger partial charge is 0.163 e. The SMILES string of the molecule is O=C1CCC2(Cc3ccc(Cl)cc3)CCc3cc(O)ccc3C2=C1c1ccc(OCCN2CCCCC2)cc1. The first-order chi connectivity index (χ1) is 19.0. The van der Waals surface area contributed by atoms with Crippen LogP contribution in [0.4, 0.5) is 0 Å². The molecule has 0 amide bonds. The number of Topliss-reactive ketones (excluding diaryl/α,β-unsaturated/α-hetero) is 1. The molecule has 1 unspecified atom stereocenters. The van der Waals surface area contributed by atoms with E-state index in [2.05, 4.69) is 17.0 Å². The first-order valence-electron chi connectivity index (χ1n) is 14.3. The number of allylic oxidation sites excluding steroid dienone is 2. The summed E-state index contributed by atoms with van der Waals surface area (Å²) in [5.41, 5.74) is 6.18. The maximum absolute atomic E-state index is 13.6. The van der Waals surface area contributed by atoms with Gasteiger partial charge in [-0.2, -0.15) is 0 Å². The molecule has 1 atom stereocenters. The molecule has 0 bridgehead atoms. The van der Waals surface area contributed by atoms with Crippen LogP contribution in [0.2, 0.25) is 5.02 Å². The minimum absolute atomic E-state index is 0.148. The zero-order chi connectivity index (χ0) is 26.8. The van der Waals surface area contributed by atoms with E-state index in [9.17, 15) is 9.90 Å². The van der Waals surface area contributed by atoms with Gasteiger partial charge in [0.05, 0.1) is 0 Å². The fourth-order valence-electron chi connectivity index (χ4n) is 6.84. The number of aromatic hydroxyl groups is 1. The second kappa shape index (κ2) is 11.2. The molecule has 1 N–H and O–H groups in total. The lowest BCUT2D eigenvalue weighted by Gasteiger charge is -2.45. The second-order valence-corrected chi connectivity index (χ2v) is 11.8. The van der Waals surface area contributed by atoms with Gasteiger partial charge in [-0.15, -0.1) is 0 Å². The maximum atomic E-state index is 13.6. The van der Waals surface area contributed by atoms with Gasteiger partial charge in [0.1, 0.15) is 18.1 Å². The highest BCUT2D eigenvalue weighted by Crippen LogP contribution is 2.56. The fourth-order valence-corrected chi connectivity index (χ4v) is 6.97. The molecule has 0 spiro atoms. The highest BCUT2D eigenvalue weighted by Gasteiger charge is 2.45. The van der Waals surface area contributed by atoms with Crippen molar-refractivity contribution < 1.29 is 14.6 Å². The van der Waals surface area contributed by atoms with E-state index in [-0.39, 0.29) is 16.9 Å². The van der Waals surface area contributed by atoms with Gasteiger partial charge in [0.25, 0.3) is 0 Å². The van der Waals surface area contributed by atoms with E-state index >= 15 is 0 Å². The Morgan fingerprint density at radius 2 is 1.64 bits per heavy atom. The predicted molar refractivity (Wildman–Crippen MR) is 157 cm³/mol. The third kappa shape index (κ3) is 5.50. The largest absolute Gasteiger partial charge is 0.508 e. The Bertz CT molecular complexity index is 1370. The van der Waals surface area contributed by atoms with Crippen LogP contribution in [0.5, 0.6) is 11.5 Å². The van der Waals surface area contributed by atoms with Gasteiger partial charge in [-0.3, -0.25) is 9.69 Å². The van der Waals surface area contributed by atoms with Gasteiger partial charge in [-0.25, -0.2) is 0 Å². The molecule has 0 saturated carbocycles. The van der Waals surface area contributed by atoms with E-state index in [4.69, 9.17) is 16.3 Å². The molecule has 1 heterocycles. The van der Waals surface area contributed by atoms with Gasteiger partial charge in [-0.1, -0.05) is 48.4 Å². The van der Waals surface area contributed by atoms with Crippen molar-refractivity contribution in [3.8, 4) is 11.5 Å². The number of benzene rings is 3. The van der Waals surface area contributed by atoms with Crippen molar-refractivity contribution >= 4 is 28.5 Å². The summed E-state index contributed by atoms with van der Waals surface area (Å²) in [6, 6.07) is 21.8. The third-order valence-corrected chi connectivity index (χ3v) is 9.10.